The summed E-state index contributed by atoms with van der Waals surface area (Å²) >= 11 is 1.10. The van der Waals surface area contributed by atoms with Gasteiger partial charge >= 0.3 is 0 Å². The van der Waals surface area contributed by atoms with E-state index in [-0.39, 0.29) is 22.2 Å². The van der Waals surface area contributed by atoms with Crippen LogP contribution in [0.3, 0.4) is 0 Å². The maximum Gasteiger partial charge on any atom is 0.283 e. The highest BCUT2D eigenvalue weighted by atomic mass is 32.2. The third kappa shape index (κ3) is 6.00. The Labute approximate surface area is 241 Å². The van der Waals surface area contributed by atoms with Crippen LogP contribution in [0.25, 0.3) is 0 Å². The van der Waals surface area contributed by atoms with Crippen molar-refractivity contribution in [3.05, 3.63) is 124 Å². The van der Waals surface area contributed by atoms with Crippen LogP contribution in [0.15, 0.2) is 106 Å². The van der Waals surface area contributed by atoms with E-state index in [2.05, 4.69) is 10.6 Å². The second-order valence-corrected chi connectivity index (χ2v) is 10.4. The van der Waals surface area contributed by atoms with Crippen LogP contribution in [0.4, 0.5) is 21.5 Å². The average Bonchev–Trinajstić information content (AvgIpc) is 3.19. The number of anilines is 3. The number of nitrogens with zero attached hydrogens (tertiary/aromatic N) is 1. The first-order valence-corrected chi connectivity index (χ1v) is 13.5. The molecule has 0 saturated carbocycles. The SMILES string of the molecule is COc1ccc(C(=O)Nc2cccc(SC3=C(Nc4ccc(C)c(C)c4)C(=O)N(c4ccc(F)cc4)C3=O)c2)cc1. The molecule has 1 heterocycles. The Hall–Kier alpha value is -4.89. The van der Waals surface area contributed by atoms with Gasteiger partial charge in [-0.1, -0.05) is 23.9 Å². The summed E-state index contributed by atoms with van der Waals surface area (Å²) in [6, 6.07) is 24.6. The first-order chi connectivity index (χ1) is 19.7. The number of rotatable bonds is 8. The summed E-state index contributed by atoms with van der Waals surface area (Å²) in [6.45, 7) is 3.95. The highest BCUT2D eigenvalue weighted by Gasteiger charge is 2.40. The number of imide groups is 1. The fourth-order valence-corrected chi connectivity index (χ4v) is 5.19. The lowest BCUT2D eigenvalue weighted by atomic mass is 10.1. The lowest BCUT2D eigenvalue weighted by Crippen LogP contribution is -2.32. The molecule has 5 rings (SSSR count). The van der Waals surface area contributed by atoms with Gasteiger partial charge in [-0.2, -0.15) is 0 Å². The normalized spacial score (nSPS) is 13.0. The molecule has 0 radical (unpaired) electrons. The highest BCUT2D eigenvalue weighted by Crippen LogP contribution is 2.38. The van der Waals surface area contributed by atoms with Gasteiger partial charge in [-0.15, -0.1) is 0 Å². The molecule has 4 aromatic rings. The maximum atomic E-state index is 13.6. The standard InChI is InChI=1S/C32H26FN3O4S/c1-19-7-12-24(17-20(19)2)34-28-29(32(39)36(31(28)38)25-13-10-22(33)11-14-25)41-27-6-4-5-23(18-27)35-30(37)21-8-15-26(40-3)16-9-21/h4-18,34H,1-3H3,(H,35,37). The van der Waals surface area contributed by atoms with Crippen LogP contribution in [0, 0.1) is 19.7 Å². The Balaban J connectivity index is 1.44. The van der Waals surface area contributed by atoms with Crippen molar-refractivity contribution in [2.24, 2.45) is 0 Å². The third-order valence-corrected chi connectivity index (χ3v) is 7.64. The zero-order chi connectivity index (χ0) is 29.1. The molecule has 2 N–H and O–H groups in total. The summed E-state index contributed by atoms with van der Waals surface area (Å²) in [5.41, 5.74) is 4.12. The number of benzene rings is 4. The fraction of sp³-hybridized carbons (Fsp3) is 0.0938. The summed E-state index contributed by atoms with van der Waals surface area (Å²) in [5, 5.41) is 6.00. The monoisotopic (exact) mass is 567 g/mol. The Morgan fingerprint density at radius 2 is 1.56 bits per heavy atom. The van der Waals surface area contributed by atoms with Gasteiger partial charge < -0.3 is 15.4 Å². The smallest absolute Gasteiger partial charge is 0.283 e. The predicted molar refractivity (Wildman–Crippen MR) is 159 cm³/mol. The number of hydrogen-bond acceptors (Lipinski definition) is 6. The lowest BCUT2D eigenvalue weighted by molar-refractivity contribution is -0.120. The molecule has 41 heavy (non-hydrogen) atoms. The van der Waals surface area contributed by atoms with Crippen LogP contribution < -0.4 is 20.3 Å². The topological polar surface area (TPSA) is 87.7 Å². The molecule has 9 heteroatoms. The first-order valence-electron chi connectivity index (χ1n) is 12.7. The van der Waals surface area contributed by atoms with Gasteiger partial charge in [0.05, 0.1) is 12.8 Å². The molecule has 0 saturated heterocycles. The van der Waals surface area contributed by atoms with Crippen LogP contribution in [0.1, 0.15) is 21.5 Å². The molecule has 206 valence electrons. The molecule has 0 aromatic heterocycles. The van der Waals surface area contributed by atoms with Crippen molar-refractivity contribution in [2.75, 3.05) is 22.6 Å². The molecule has 1 aliphatic rings. The van der Waals surface area contributed by atoms with Crippen molar-refractivity contribution in [1.29, 1.82) is 0 Å². The van der Waals surface area contributed by atoms with E-state index >= 15 is 0 Å². The minimum Gasteiger partial charge on any atom is -0.497 e. The van der Waals surface area contributed by atoms with Crippen molar-refractivity contribution >= 4 is 46.5 Å². The number of amides is 3. The second-order valence-electron chi connectivity index (χ2n) is 9.36. The molecule has 0 bridgehead atoms. The highest BCUT2D eigenvalue weighted by molar-refractivity contribution is 8.04. The van der Waals surface area contributed by atoms with Gasteiger partial charge in [0.1, 0.15) is 22.2 Å². The van der Waals surface area contributed by atoms with Gasteiger partial charge in [0.2, 0.25) is 0 Å². The van der Waals surface area contributed by atoms with Crippen molar-refractivity contribution < 1.29 is 23.5 Å². The van der Waals surface area contributed by atoms with Crippen molar-refractivity contribution in [3.63, 3.8) is 0 Å². The zero-order valence-corrected chi connectivity index (χ0v) is 23.3. The molecule has 0 spiro atoms. The van der Waals surface area contributed by atoms with Gasteiger partial charge in [-0.25, -0.2) is 9.29 Å². The third-order valence-electron chi connectivity index (χ3n) is 6.57. The van der Waals surface area contributed by atoms with E-state index < -0.39 is 17.6 Å². The molecule has 4 aromatic carbocycles. The van der Waals surface area contributed by atoms with Crippen LogP contribution in [0.2, 0.25) is 0 Å². The molecular formula is C32H26FN3O4S. The first kappa shape index (κ1) is 27.7. The van der Waals surface area contributed by atoms with Gasteiger partial charge in [-0.3, -0.25) is 14.4 Å². The number of aryl methyl sites for hydroxylation is 2. The number of carbonyl (C=O) groups excluding carboxylic acids is 3. The number of methoxy groups -OCH3 is 1. The van der Waals surface area contributed by atoms with E-state index in [1.165, 1.54) is 24.3 Å². The number of hydrogen-bond donors (Lipinski definition) is 2. The average molecular weight is 568 g/mol. The Morgan fingerprint density at radius 3 is 2.24 bits per heavy atom. The summed E-state index contributed by atoms with van der Waals surface area (Å²) in [5.74, 6) is -1.22. The molecule has 0 atom stereocenters. The van der Waals surface area contributed by atoms with Gasteiger partial charge in [0.15, 0.2) is 0 Å². The summed E-state index contributed by atoms with van der Waals surface area (Å²) in [6.07, 6.45) is 0. The number of halogens is 1. The van der Waals surface area contributed by atoms with Crippen LogP contribution >= 0.6 is 11.8 Å². The quantitative estimate of drug-likeness (QED) is 0.231. The van der Waals surface area contributed by atoms with E-state index in [0.29, 0.717) is 27.6 Å². The molecule has 3 amide bonds. The predicted octanol–water partition coefficient (Wildman–Crippen LogP) is 6.69. The fourth-order valence-electron chi connectivity index (χ4n) is 4.20. The minimum atomic E-state index is -0.550. The molecule has 0 aliphatic carbocycles. The molecule has 7 nitrogen and oxygen atoms in total. The molecular weight excluding hydrogens is 541 g/mol. The van der Waals surface area contributed by atoms with E-state index in [0.717, 1.165) is 27.8 Å². The van der Waals surface area contributed by atoms with Crippen molar-refractivity contribution in [3.8, 4) is 5.75 Å². The Morgan fingerprint density at radius 1 is 0.829 bits per heavy atom. The molecule has 1 aliphatic heterocycles. The van der Waals surface area contributed by atoms with Crippen LogP contribution in [-0.2, 0) is 9.59 Å². The van der Waals surface area contributed by atoms with E-state index in [1.54, 1.807) is 55.6 Å². The molecule has 0 fully saturated rings. The Kier molecular flexibility index (Phi) is 7.89. The summed E-state index contributed by atoms with van der Waals surface area (Å²) < 4.78 is 18.7. The van der Waals surface area contributed by atoms with Gasteiger partial charge in [0, 0.05) is 21.8 Å². The summed E-state index contributed by atoms with van der Waals surface area (Å²) in [7, 11) is 1.55. The zero-order valence-electron chi connectivity index (χ0n) is 22.5. The second kappa shape index (κ2) is 11.7. The number of thioether (sulfide) groups is 1. The summed E-state index contributed by atoms with van der Waals surface area (Å²) in [4.78, 5) is 41.8. The van der Waals surface area contributed by atoms with E-state index in [9.17, 15) is 18.8 Å². The maximum absolute atomic E-state index is 13.6. The number of ether oxygens (including phenoxy) is 1. The number of carbonyl (C=O) groups is 3. The van der Waals surface area contributed by atoms with Gasteiger partial charge in [-0.05, 0) is 104 Å². The minimum absolute atomic E-state index is 0.111. The van der Waals surface area contributed by atoms with Crippen LogP contribution in [-0.4, -0.2) is 24.8 Å². The van der Waals surface area contributed by atoms with Crippen LogP contribution in [0.5, 0.6) is 5.75 Å². The van der Waals surface area contributed by atoms with E-state index in [1.807, 2.05) is 32.0 Å². The number of nitrogens with one attached hydrogen (secondary N) is 2. The largest absolute Gasteiger partial charge is 0.497 e. The Bertz CT molecular complexity index is 1680. The van der Waals surface area contributed by atoms with E-state index in [4.69, 9.17) is 4.74 Å². The van der Waals surface area contributed by atoms with Gasteiger partial charge in [0.25, 0.3) is 17.7 Å². The van der Waals surface area contributed by atoms with Crippen molar-refractivity contribution in [1.82, 2.24) is 0 Å². The molecule has 0 unspecified atom stereocenters. The van der Waals surface area contributed by atoms with Crippen molar-refractivity contribution in [2.45, 2.75) is 18.7 Å². The lowest BCUT2D eigenvalue weighted by Gasteiger charge is -2.15.